The zero-order valence-corrected chi connectivity index (χ0v) is 13.3. The molecule has 6 nitrogen and oxygen atoms in total. The summed E-state index contributed by atoms with van der Waals surface area (Å²) in [6, 6.07) is 7.72. The fraction of sp³-hybridized carbons (Fsp3) is 0.467. The number of hydrogen-bond donors (Lipinski definition) is 4. The molecule has 1 fully saturated rings. The highest BCUT2D eigenvalue weighted by Gasteiger charge is 2.26. The van der Waals surface area contributed by atoms with Crippen LogP contribution in [0.25, 0.3) is 0 Å². The summed E-state index contributed by atoms with van der Waals surface area (Å²) in [4.78, 5) is 22.6. The molecule has 1 amide bonds. The van der Waals surface area contributed by atoms with Gasteiger partial charge in [-0.3, -0.25) is 15.0 Å². The van der Waals surface area contributed by atoms with E-state index in [2.05, 4.69) is 16.2 Å². The Morgan fingerprint density at radius 2 is 2.23 bits per heavy atom. The molecule has 1 aliphatic rings. The Morgan fingerprint density at radius 1 is 1.41 bits per heavy atom. The van der Waals surface area contributed by atoms with Crippen LogP contribution in [0.4, 0.5) is 5.69 Å². The van der Waals surface area contributed by atoms with Gasteiger partial charge in [0.15, 0.2) is 0 Å². The Balaban J connectivity index is 1.83. The van der Waals surface area contributed by atoms with Crippen LogP contribution < -0.4 is 16.2 Å². The molecule has 1 heterocycles. The largest absolute Gasteiger partial charge is 0.481 e. The Bertz CT molecular complexity index is 539. The number of carboxylic acids is 1. The zero-order chi connectivity index (χ0) is 15.9. The quantitative estimate of drug-likeness (QED) is 0.570. The van der Waals surface area contributed by atoms with Crippen LogP contribution in [0.3, 0.4) is 0 Å². The number of carboxylic acid groups (broad SMARTS) is 1. The van der Waals surface area contributed by atoms with Crippen LogP contribution >= 0.6 is 11.8 Å². The molecule has 7 heteroatoms. The Labute approximate surface area is 134 Å². The van der Waals surface area contributed by atoms with E-state index in [-0.39, 0.29) is 24.4 Å². The van der Waals surface area contributed by atoms with E-state index in [0.717, 1.165) is 23.4 Å². The summed E-state index contributed by atoms with van der Waals surface area (Å²) in [5, 5.41) is 11.5. The minimum Gasteiger partial charge on any atom is -0.481 e. The van der Waals surface area contributed by atoms with E-state index in [4.69, 9.17) is 5.11 Å². The van der Waals surface area contributed by atoms with Crippen molar-refractivity contribution in [3.8, 4) is 0 Å². The smallest absolute Gasteiger partial charge is 0.304 e. The number of carbonyl (C=O) groups excluding carboxylic acids is 1. The standard InChI is InChI=1S/C15H21N3O3S/c1-10-7-13(18-17-10)15(21)16-12-4-2-3-11(8-12)9-22-6-5-14(19)20/h2-4,8,10,13,17-18H,5-7,9H2,1H3,(H,16,21)(H,19,20). The summed E-state index contributed by atoms with van der Waals surface area (Å²) in [7, 11) is 0. The highest BCUT2D eigenvalue weighted by Crippen LogP contribution is 2.18. The molecular formula is C15H21N3O3S. The van der Waals surface area contributed by atoms with Crippen molar-refractivity contribution in [3.63, 3.8) is 0 Å². The van der Waals surface area contributed by atoms with Gasteiger partial charge in [-0.15, -0.1) is 0 Å². The first-order chi connectivity index (χ1) is 10.5. The van der Waals surface area contributed by atoms with Crippen molar-refractivity contribution in [3.05, 3.63) is 29.8 Å². The molecule has 0 bridgehead atoms. The number of nitrogens with one attached hydrogen (secondary N) is 3. The fourth-order valence-corrected chi connectivity index (χ4v) is 3.08. The fourth-order valence-electron chi connectivity index (χ4n) is 2.20. The lowest BCUT2D eigenvalue weighted by atomic mass is 10.1. The zero-order valence-electron chi connectivity index (χ0n) is 12.5. The van der Waals surface area contributed by atoms with E-state index in [1.807, 2.05) is 31.2 Å². The van der Waals surface area contributed by atoms with Crippen molar-refractivity contribution in [2.24, 2.45) is 0 Å². The number of aliphatic carboxylic acids is 1. The summed E-state index contributed by atoms with van der Waals surface area (Å²) in [6.07, 6.45) is 0.927. The molecule has 2 unspecified atom stereocenters. The first kappa shape index (κ1) is 16.8. The molecule has 0 aromatic heterocycles. The lowest BCUT2D eigenvalue weighted by molar-refractivity contribution is -0.136. The second-order valence-electron chi connectivity index (χ2n) is 5.36. The minimum atomic E-state index is -0.777. The van der Waals surface area contributed by atoms with Crippen molar-refractivity contribution < 1.29 is 14.7 Å². The molecule has 2 atom stereocenters. The van der Waals surface area contributed by atoms with Gasteiger partial charge in [-0.1, -0.05) is 12.1 Å². The number of rotatable bonds is 7. The van der Waals surface area contributed by atoms with E-state index >= 15 is 0 Å². The SMILES string of the molecule is CC1CC(C(=O)Nc2cccc(CSCCC(=O)O)c2)NN1. The molecule has 1 saturated heterocycles. The van der Waals surface area contributed by atoms with Crippen molar-refractivity contribution in [1.29, 1.82) is 0 Å². The number of hydrogen-bond acceptors (Lipinski definition) is 5. The third-order valence-electron chi connectivity index (χ3n) is 3.33. The molecule has 1 aromatic carbocycles. The Morgan fingerprint density at radius 3 is 2.91 bits per heavy atom. The molecule has 1 aliphatic heterocycles. The first-order valence-corrected chi connectivity index (χ1v) is 8.40. The van der Waals surface area contributed by atoms with E-state index in [1.165, 1.54) is 0 Å². The Hall–Kier alpha value is -1.57. The van der Waals surface area contributed by atoms with Gasteiger partial charge in [-0.05, 0) is 31.0 Å². The molecule has 22 heavy (non-hydrogen) atoms. The maximum atomic E-state index is 12.1. The molecule has 120 valence electrons. The molecule has 0 saturated carbocycles. The van der Waals surface area contributed by atoms with Crippen LogP contribution in [0, 0.1) is 0 Å². The summed E-state index contributed by atoms with van der Waals surface area (Å²) >= 11 is 1.57. The summed E-state index contributed by atoms with van der Waals surface area (Å²) in [5.41, 5.74) is 7.84. The Kier molecular flexibility index (Phi) is 6.23. The third kappa shape index (κ3) is 5.32. The summed E-state index contributed by atoms with van der Waals surface area (Å²) in [6.45, 7) is 2.02. The van der Waals surface area contributed by atoms with Crippen LogP contribution in [0.2, 0.25) is 0 Å². The van der Waals surface area contributed by atoms with E-state index in [1.54, 1.807) is 11.8 Å². The highest BCUT2D eigenvalue weighted by atomic mass is 32.2. The minimum absolute atomic E-state index is 0.0486. The highest BCUT2D eigenvalue weighted by molar-refractivity contribution is 7.98. The van der Waals surface area contributed by atoms with Crippen LogP contribution in [-0.2, 0) is 15.3 Å². The molecule has 4 N–H and O–H groups in total. The van der Waals surface area contributed by atoms with Crippen LogP contribution in [0.1, 0.15) is 25.3 Å². The number of carbonyl (C=O) groups is 2. The van der Waals surface area contributed by atoms with Crippen LogP contribution in [-0.4, -0.2) is 34.8 Å². The maximum Gasteiger partial charge on any atom is 0.304 e. The van der Waals surface area contributed by atoms with Crippen molar-refractivity contribution in [2.45, 2.75) is 37.6 Å². The molecular weight excluding hydrogens is 302 g/mol. The average Bonchev–Trinajstić information content (AvgIpc) is 2.91. The normalized spacial score (nSPS) is 20.8. The monoisotopic (exact) mass is 323 g/mol. The maximum absolute atomic E-state index is 12.1. The van der Waals surface area contributed by atoms with Crippen LogP contribution in [0.15, 0.2) is 24.3 Å². The summed E-state index contributed by atoms with van der Waals surface area (Å²) in [5.74, 6) is 0.492. The number of amides is 1. The van der Waals surface area contributed by atoms with Gasteiger partial charge in [0.25, 0.3) is 0 Å². The predicted octanol–water partition coefficient (Wildman–Crippen LogP) is 1.59. The van der Waals surface area contributed by atoms with Crippen LogP contribution in [0.5, 0.6) is 0 Å². The average molecular weight is 323 g/mol. The molecule has 0 aliphatic carbocycles. The number of anilines is 1. The number of thioether (sulfide) groups is 1. The number of hydrazine groups is 1. The predicted molar refractivity (Wildman–Crippen MR) is 87.6 cm³/mol. The lowest BCUT2D eigenvalue weighted by Gasteiger charge is -2.11. The van der Waals surface area contributed by atoms with E-state index in [0.29, 0.717) is 5.75 Å². The lowest BCUT2D eigenvalue weighted by Crippen LogP contribution is -2.39. The topological polar surface area (TPSA) is 90.5 Å². The summed E-state index contributed by atoms with van der Waals surface area (Å²) < 4.78 is 0. The van der Waals surface area contributed by atoms with Gasteiger partial charge >= 0.3 is 5.97 Å². The van der Waals surface area contributed by atoms with Gasteiger partial charge < -0.3 is 10.4 Å². The van der Waals surface area contributed by atoms with Gasteiger partial charge in [-0.25, -0.2) is 5.43 Å². The third-order valence-corrected chi connectivity index (χ3v) is 4.36. The molecule has 0 radical (unpaired) electrons. The van der Waals surface area contributed by atoms with Crippen molar-refractivity contribution >= 4 is 29.3 Å². The van der Waals surface area contributed by atoms with Gasteiger partial charge in [-0.2, -0.15) is 11.8 Å². The van der Waals surface area contributed by atoms with Crippen molar-refractivity contribution in [1.82, 2.24) is 10.9 Å². The number of benzene rings is 1. The van der Waals surface area contributed by atoms with E-state index < -0.39 is 5.97 Å². The van der Waals surface area contributed by atoms with Gasteiger partial charge in [0.2, 0.25) is 5.91 Å². The molecule has 1 aromatic rings. The second kappa shape index (κ2) is 8.17. The van der Waals surface area contributed by atoms with Gasteiger partial charge in [0.05, 0.1) is 6.42 Å². The molecule has 2 rings (SSSR count). The van der Waals surface area contributed by atoms with Gasteiger partial charge in [0, 0.05) is 23.2 Å². The first-order valence-electron chi connectivity index (χ1n) is 7.25. The van der Waals surface area contributed by atoms with Crippen molar-refractivity contribution in [2.75, 3.05) is 11.1 Å². The molecule has 0 spiro atoms. The van der Waals surface area contributed by atoms with Gasteiger partial charge in [0.1, 0.15) is 6.04 Å². The second-order valence-corrected chi connectivity index (χ2v) is 6.47. The van der Waals surface area contributed by atoms with E-state index in [9.17, 15) is 9.59 Å².